The highest BCUT2D eigenvalue weighted by atomic mass is 16.5. The Labute approximate surface area is 102 Å². The fraction of sp³-hybridized carbons (Fsp3) is 1.00. The maximum atomic E-state index is 5.13. The molecule has 0 spiro atoms. The SMILES string of the molecule is CNC(C)CCCCN(CCOC)C(C)C. The van der Waals surface area contributed by atoms with Gasteiger partial charge in [0.15, 0.2) is 0 Å². The Bertz CT molecular complexity index is 151. The minimum Gasteiger partial charge on any atom is -0.383 e. The van der Waals surface area contributed by atoms with Gasteiger partial charge in [0.05, 0.1) is 6.61 Å². The number of unbranched alkanes of at least 4 members (excludes halogenated alkanes) is 1. The van der Waals surface area contributed by atoms with Crippen molar-refractivity contribution in [3.8, 4) is 0 Å². The van der Waals surface area contributed by atoms with Gasteiger partial charge in [0.1, 0.15) is 0 Å². The van der Waals surface area contributed by atoms with Gasteiger partial charge >= 0.3 is 0 Å². The van der Waals surface area contributed by atoms with Crippen molar-refractivity contribution in [3.05, 3.63) is 0 Å². The molecule has 16 heavy (non-hydrogen) atoms. The van der Waals surface area contributed by atoms with E-state index in [1.54, 1.807) is 7.11 Å². The van der Waals surface area contributed by atoms with Crippen LogP contribution in [0, 0.1) is 0 Å². The highest BCUT2D eigenvalue weighted by Gasteiger charge is 2.08. The van der Waals surface area contributed by atoms with E-state index in [-0.39, 0.29) is 0 Å². The molecule has 0 aliphatic heterocycles. The average Bonchev–Trinajstić information content (AvgIpc) is 2.27. The fourth-order valence-corrected chi connectivity index (χ4v) is 1.75. The van der Waals surface area contributed by atoms with Gasteiger partial charge in [-0.25, -0.2) is 0 Å². The Morgan fingerprint density at radius 1 is 1.12 bits per heavy atom. The van der Waals surface area contributed by atoms with E-state index < -0.39 is 0 Å². The van der Waals surface area contributed by atoms with Crippen molar-refractivity contribution in [1.82, 2.24) is 10.2 Å². The minimum absolute atomic E-state index is 0.622. The van der Waals surface area contributed by atoms with E-state index in [9.17, 15) is 0 Å². The first-order valence-corrected chi connectivity index (χ1v) is 6.52. The Kier molecular flexibility index (Phi) is 9.99. The molecule has 0 amide bonds. The summed E-state index contributed by atoms with van der Waals surface area (Å²) in [5.41, 5.74) is 0. The number of hydrogen-bond donors (Lipinski definition) is 1. The molecule has 0 aromatic rings. The van der Waals surface area contributed by atoms with Gasteiger partial charge in [-0.3, -0.25) is 4.90 Å². The Balaban J connectivity index is 3.59. The van der Waals surface area contributed by atoms with Crippen LogP contribution >= 0.6 is 0 Å². The normalized spacial score (nSPS) is 13.7. The van der Waals surface area contributed by atoms with Crippen LogP contribution in [-0.2, 0) is 4.74 Å². The van der Waals surface area contributed by atoms with E-state index in [0.717, 1.165) is 13.2 Å². The van der Waals surface area contributed by atoms with E-state index >= 15 is 0 Å². The van der Waals surface area contributed by atoms with Crippen molar-refractivity contribution in [2.75, 3.05) is 33.9 Å². The van der Waals surface area contributed by atoms with Gasteiger partial charge in [-0.05, 0) is 47.2 Å². The Morgan fingerprint density at radius 2 is 1.81 bits per heavy atom. The van der Waals surface area contributed by atoms with Gasteiger partial charge in [-0.15, -0.1) is 0 Å². The molecule has 3 heteroatoms. The number of nitrogens with zero attached hydrogens (tertiary/aromatic N) is 1. The molecule has 0 radical (unpaired) electrons. The maximum Gasteiger partial charge on any atom is 0.0589 e. The zero-order valence-corrected chi connectivity index (χ0v) is 11.8. The summed E-state index contributed by atoms with van der Waals surface area (Å²) < 4.78 is 5.13. The first-order chi connectivity index (χ1) is 7.61. The van der Waals surface area contributed by atoms with Crippen molar-refractivity contribution in [3.63, 3.8) is 0 Å². The summed E-state index contributed by atoms with van der Waals surface area (Å²) in [7, 11) is 3.80. The standard InChI is InChI=1S/C13H30N2O/c1-12(2)15(10-11-16-5)9-7-6-8-13(3)14-4/h12-14H,6-11H2,1-5H3. The molecule has 0 heterocycles. The molecule has 0 saturated heterocycles. The molecule has 0 aliphatic rings. The summed E-state index contributed by atoms with van der Waals surface area (Å²) in [4.78, 5) is 2.49. The second-order valence-electron chi connectivity index (χ2n) is 4.81. The summed E-state index contributed by atoms with van der Waals surface area (Å²) in [6, 6.07) is 1.27. The number of nitrogens with one attached hydrogen (secondary N) is 1. The summed E-state index contributed by atoms with van der Waals surface area (Å²) in [6.07, 6.45) is 3.86. The molecule has 1 atom stereocenters. The predicted molar refractivity (Wildman–Crippen MR) is 71.0 cm³/mol. The van der Waals surface area contributed by atoms with Gasteiger partial charge in [0, 0.05) is 25.7 Å². The van der Waals surface area contributed by atoms with Gasteiger partial charge in [-0.2, -0.15) is 0 Å². The van der Waals surface area contributed by atoms with Crippen LogP contribution in [-0.4, -0.2) is 50.8 Å². The first-order valence-electron chi connectivity index (χ1n) is 6.52. The molecule has 0 aliphatic carbocycles. The van der Waals surface area contributed by atoms with Crippen LogP contribution in [0.3, 0.4) is 0 Å². The summed E-state index contributed by atoms with van der Waals surface area (Å²) >= 11 is 0. The van der Waals surface area contributed by atoms with Gasteiger partial charge < -0.3 is 10.1 Å². The quantitative estimate of drug-likeness (QED) is 0.582. The maximum absolute atomic E-state index is 5.13. The number of ether oxygens (including phenoxy) is 1. The smallest absolute Gasteiger partial charge is 0.0589 e. The van der Waals surface area contributed by atoms with E-state index in [1.807, 2.05) is 7.05 Å². The average molecular weight is 230 g/mol. The molecule has 0 rings (SSSR count). The van der Waals surface area contributed by atoms with Gasteiger partial charge in [0.25, 0.3) is 0 Å². The van der Waals surface area contributed by atoms with Crippen molar-refractivity contribution >= 4 is 0 Å². The zero-order valence-electron chi connectivity index (χ0n) is 11.8. The number of rotatable bonds is 10. The Morgan fingerprint density at radius 3 is 2.31 bits per heavy atom. The first kappa shape index (κ1) is 15.9. The molecule has 0 bridgehead atoms. The van der Waals surface area contributed by atoms with E-state index in [0.29, 0.717) is 12.1 Å². The lowest BCUT2D eigenvalue weighted by molar-refractivity contribution is 0.128. The van der Waals surface area contributed by atoms with E-state index in [2.05, 4.69) is 31.0 Å². The summed E-state index contributed by atoms with van der Waals surface area (Å²) in [5, 5.41) is 3.28. The van der Waals surface area contributed by atoms with Crippen LogP contribution < -0.4 is 5.32 Å². The predicted octanol–water partition coefficient (Wildman–Crippen LogP) is 2.12. The third-order valence-electron chi connectivity index (χ3n) is 3.14. The van der Waals surface area contributed by atoms with Crippen LogP contribution in [0.1, 0.15) is 40.0 Å². The van der Waals surface area contributed by atoms with E-state index in [4.69, 9.17) is 4.74 Å². The van der Waals surface area contributed by atoms with Gasteiger partial charge in [0.2, 0.25) is 0 Å². The van der Waals surface area contributed by atoms with Crippen LogP contribution in [0.25, 0.3) is 0 Å². The Hall–Kier alpha value is -0.120. The molecule has 0 fully saturated rings. The zero-order chi connectivity index (χ0) is 12.4. The van der Waals surface area contributed by atoms with Crippen LogP contribution in [0.4, 0.5) is 0 Å². The van der Waals surface area contributed by atoms with Crippen molar-refractivity contribution < 1.29 is 4.74 Å². The molecular formula is C13H30N2O. The lowest BCUT2D eigenvalue weighted by atomic mass is 10.1. The highest BCUT2D eigenvalue weighted by Crippen LogP contribution is 2.05. The second-order valence-corrected chi connectivity index (χ2v) is 4.81. The van der Waals surface area contributed by atoms with Gasteiger partial charge in [-0.1, -0.05) is 6.42 Å². The molecular weight excluding hydrogens is 200 g/mol. The molecule has 1 unspecified atom stereocenters. The molecule has 3 nitrogen and oxygen atoms in total. The van der Waals surface area contributed by atoms with Crippen molar-refractivity contribution in [1.29, 1.82) is 0 Å². The fourth-order valence-electron chi connectivity index (χ4n) is 1.75. The lowest BCUT2D eigenvalue weighted by Gasteiger charge is -2.26. The second kappa shape index (κ2) is 10.1. The highest BCUT2D eigenvalue weighted by molar-refractivity contribution is 4.64. The number of hydrogen-bond acceptors (Lipinski definition) is 3. The third kappa shape index (κ3) is 8.08. The molecule has 0 aromatic carbocycles. The van der Waals surface area contributed by atoms with E-state index in [1.165, 1.54) is 25.8 Å². The summed E-state index contributed by atoms with van der Waals surface area (Å²) in [6.45, 7) is 9.83. The van der Waals surface area contributed by atoms with Crippen LogP contribution in [0.15, 0.2) is 0 Å². The minimum atomic E-state index is 0.622. The van der Waals surface area contributed by atoms with Crippen molar-refractivity contribution in [2.24, 2.45) is 0 Å². The van der Waals surface area contributed by atoms with Crippen LogP contribution in [0.5, 0.6) is 0 Å². The molecule has 98 valence electrons. The summed E-state index contributed by atoms with van der Waals surface area (Å²) in [5.74, 6) is 0. The largest absolute Gasteiger partial charge is 0.383 e. The molecule has 0 aromatic heterocycles. The van der Waals surface area contributed by atoms with Crippen molar-refractivity contribution in [2.45, 2.75) is 52.1 Å². The topological polar surface area (TPSA) is 24.5 Å². The third-order valence-corrected chi connectivity index (χ3v) is 3.14. The number of methoxy groups -OCH3 is 1. The monoisotopic (exact) mass is 230 g/mol. The molecule has 1 N–H and O–H groups in total. The van der Waals surface area contributed by atoms with Crippen LogP contribution in [0.2, 0.25) is 0 Å². The molecule has 0 saturated carbocycles. The lowest BCUT2D eigenvalue weighted by Crippen LogP contribution is -2.34.